The Bertz CT molecular complexity index is 845. The molecule has 1 aromatic heterocycles. The second-order valence-electron chi connectivity index (χ2n) is 8.98. The zero-order valence-electron chi connectivity index (χ0n) is 16.7. The summed E-state index contributed by atoms with van der Waals surface area (Å²) in [4.78, 5) is 18.3. The van der Waals surface area contributed by atoms with Crippen molar-refractivity contribution >= 4 is 5.91 Å². The van der Waals surface area contributed by atoms with Crippen LogP contribution in [0.1, 0.15) is 35.9 Å². The molecular formula is C22H29N5O. The van der Waals surface area contributed by atoms with Crippen LogP contribution < -0.4 is 5.32 Å². The van der Waals surface area contributed by atoms with Gasteiger partial charge in [0.2, 0.25) is 0 Å². The van der Waals surface area contributed by atoms with Crippen LogP contribution in [0.5, 0.6) is 0 Å². The van der Waals surface area contributed by atoms with Crippen LogP contribution in [0, 0.1) is 5.92 Å². The standard InChI is InChI=1S/C22H29N5O/c1-16(2)27-9-8-19(24-27)21(28)23-20-17-12-25-10-11-26(13-17)15-22(20,14-25)18-6-4-3-5-7-18/h3-9,16-17,20H,10-15H2,1-2H3,(H,23,28)/t17?,20-,22?/m1/s1. The molecule has 4 aliphatic rings. The summed E-state index contributed by atoms with van der Waals surface area (Å²) in [5.74, 6) is 0.400. The quantitative estimate of drug-likeness (QED) is 0.880. The van der Waals surface area contributed by atoms with Gasteiger partial charge in [0.1, 0.15) is 5.69 Å². The molecule has 2 unspecified atom stereocenters. The third-order valence-corrected chi connectivity index (χ3v) is 6.80. The molecule has 4 bridgehead atoms. The molecule has 28 heavy (non-hydrogen) atoms. The Labute approximate surface area is 166 Å². The Morgan fingerprint density at radius 1 is 1.11 bits per heavy atom. The number of aromatic nitrogens is 2. The number of rotatable bonds is 4. The van der Waals surface area contributed by atoms with Crippen molar-refractivity contribution in [1.82, 2.24) is 24.9 Å². The van der Waals surface area contributed by atoms with E-state index in [9.17, 15) is 4.79 Å². The Hall–Kier alpha value is -2.18. The van der Waals surface area contributed by atoms with Crippen LogP contribution in [0.4, 0.5) is 0 Å². The highest BCUT2D eigenvalue weighted by Crippen LogP contribution is 2.43. The fourth-order valence-corrected chi connectivity index (χ4v) is 5.53. The van der Waals surface area contributed by atoms with Gasteiger partial charge < -0.3 is 15.1 Å². The Balaban J connectivity index is 1.49. The molecule has 4 saturated heterocycles. The summed E-state index contributed by atoms with van der Waals surface area (Å²) < 4.78 is 1.85. The lowest BCUT2D eigenvalue weighted by atomic mass is 9.64. The molecule has 1 aromatic carbocycles. The molecule has 6 nitrogen and oxygen atoms in total. The molecule has 6 heteroatoms. The summed E-state index contributed by atoms with van der Waals surface area (Å²) in [6.07, 6.45) is 1.89. The summed E-state index contributed by atoms with van der Waals surface area (Å²) in [5, 5.41) is 7.92. The molecule has 4 aliphatic heterocycles. The molecule has 0 aliphatic carbocycles. The Morgan fingerprint density at radius 2 is 1.79 bits per heavy atom. The van der Waals surface area contributed by atoms with Gasteiger partial charge in [-0.15, -0.1) is 0 Å². The molecular weight excluding hydrogens is 350 g/mol. The van der Waals surface area contributed by atoms with Crippen LogP contribution in [-0.2, 0) is 5.41 Å². The van der Waals surface area contributed by atoms with Crippen molar-refractivity contribution in [3.63, 3.8) is 0 Å². The van der Waals surface area contributed by atoms with E-state index in [1.807, 2.05) is 16.9 Å². The van der Waals surface area contributed by atoms with Crippen LogP contribution in [0.3, 0.4) is 0 Å². The summed E-state index contributed by atoms with van der Waals surface area (Å²) >= 11 is 0. The van der Waals surface area contributed by atoms with E-state index >= 15 is 0 Å². The molecule has 1 amide bonds. The lowest BCUT2D eigenvalue weighted by molar-refractivity contribution is 0.0179. The minimum atomic E-state index is -0.0603. The van der Waals surface area contributed by atoms with Crippen LogP contribution in [0.25, 0.3) is 0 Å². The predicted octanol–water partition coefficient (Wildman–Crippen LogP) is 1.76. The predicted molar refractivity (Wildman–Crippen MR) is 108 cm³/mol. The summed E-state index contributed by atoms with van der Waals surface area (Å²) in [5.41, 5.74) is 1.80. The largest absolute Gasteiger partial charge is 0.347 e. The van der Waals surface area contributed by atoms with Gasteiger partial charge in [0.05, 0.1) is 0 Å². The van der Waals surface area contributed by atoms with Gasteiger partial charge in [-0.25, -0.2) is 0 Å². The second kappa shape index (κ2) is 6.71. The third kappa shape index (κ3) is 2.86. The topological polar surface area (TPSA) is 53.4 Å². The Kier molecular flexibility index (Phi) is 4.29. The SMILES string of the molecule is CC(C)n1ccc(C(=O)N[C@@H]2C3CN4CCN(C3)CC2(c2ccccc2)C4)n1. The van der Waals surface area contributed by atoms with E-state index in [2.05, 4.69) is 64.4 Å². The average molecular weight is 380 g/mol. The van der Waals surface area contributed by atoms with Crippen LogP contribution in [-0.4, -0.2) is 70.8 Å². The molecule has 6 rings (SSSR count). The van der Waals surface area contributed by atoms with Crippen molar-refractivity contribution in [2.75, 3.05) is 39.3 Å². The van der Waals surface area contributed by atoms with Crippen LogP contribution in [0.15, 0.2) is 42.6 Å². The van der Waals surface area contributed by atoms with E-state index in [1.165, 1.54) is 5.56 Å². The summed E-state index contributed by atoms with van der Waals surface area (Å²) in [6, 6.07) is 13.0. The molecule has 1 N–H and O–H groups in total. The number of hydrogen-bond donors (Lipinski definition) is 1. The van der Waals surface area contributed by atoms with E-state index < -0.39 is 0 Å². The van der Waals surface area contributed by atoms with Gasteiger partial charge in [0.25, 0.3) is 5.91 Å². The zero-order chi connectivity index (χ0) is 19.3. The maximum atomic E-state index is 13.1. The maximum Gasteiger partial charge on any atom is 0.272 e. The van der Waals surface area contributed by atoms with Crippen molar-refractivity contribution in [3.05, 3.63) is 53.9 Å². The van der Waals surface area contributed by atoms with Gasteiger partial charge in [-0.2, -0.15) is 5.10 Å². The van der Waals surface area contributed by atoms with Crippen LogP contribution in [0.2, 0.25) is 0 Å². The molecule has 0 saturated carbocycles. The summed E-state index contributed by atoms with van der Waals surface area (Å²) in [6.45, 7) is 10.6. The van der Waals surface area contributed by atoms with E-state index in [-0.39, 0.29) is 23.4 Å². The molecule has 3 atom stereocenters. The maximum absolute atomic E-state index is 13.1. The monoisotopic (exact) mass is 379 g/mol. The number of benzene rings is 1. The average Bonchev–Trinajstić information content (AvgIpc) is 3.06. The zero-order valence-corrected chi connectivity index (χ0v) is 16.7. The van der Waals surface area contributed by atoms with E-state index in [0.717, 1.165) is 39.3 Å². The Morgan fingerprint density at radius 3 is 2.39 bits per heavy atom. The number of carbonyl (C=O) groups excluding carboxylic acids is 1. The van der Waals surface area contributed by atoms with E-state index in [1.54, 1.807) is 0 Å². The molecule has 0 spiro atoms. The minimum Gasteiger partial charge on any atom is -0.347 e. The molecule has 2 aromatic rings. The fourth-order valence-electron chi connectivity index (χ4n) is 5.53. The number of nitrogens with zero attached hydrogens (tertiary/aromatic N) is 4. The van der Waals surface area contributed by atoms with Crippen molar-refractivity contribution < 1.29 is 4.79 Å². The molecule has 0 radical (unpaired) electrons. The number of hydrogen-bond acceptors (Lipinski definition) is 4. The van der Waals surface area contributed by atoms with Gasteiger partial charge in [-0.05, 0) is 25.5 Å². The third-order valence-electron chi connectivity index (χ3n) is 6.80. The van der Waals surface area contributed by atoms with Crippen molar-refractivity contribution in [2.24, 2.45) is 5.92 Å². The first-order valence-electron chi connectivity index (χ1n) is 10.4. The number of carbonyl (C=O) groups is 1. The summed E-state index contributed by atoms with van der Waals surface area (Å²) in [7, 11) is 0. The first-order valence-corrected chi connectivity index (χ1v) is 10.4. The highest BCUT2D eigenvalue weighted by molar-refractivity contribution is 5.92. The van der Waals surface area contributed by atoms with Gasteiger partial charge >= 0.3 is 0 Å². The number of nitrogens with one attached hydrogen (secondary N) is 1. The van der Waals surface area contributed by atoms with Crippen molar-refractivity contribution in [2.45, 2.75) is 31.3 Å². The first-order chi connectivity index (χ1) is 13.5. The lowest BCUT2D eigenvalue weighted by Crippen LogP contribution is -2.70. The fraction of sp³-hybridized carbons (Fsp3) is 0.545. The first kappa shape index (κ1) is 17.9. The van der Waals surface area contributed by atoms with E-state index in [0.29, 0.717) is 11.6 Å². The molecule has 5 heterocycles. The second-order valence-corrected chi connectivity index (χ2v) is 8.98. The van der Waals surface area contributed by atoms with E-state index in [4.69, 9.17) is 0 Å². The minimum absolute atomic E-state index is 0.0455. The van der Waals surface area contributed by atoms with Crippen molar-refractivity contribution in [3.8, 4) is 0 Å². The number of amides is 1. The van der Waals surface area contributed by atoms with Gasteiger partial charge in [-0.1, -0.05) is 30.3 Å². The van der Waals surface area contributed by atoms with Crippen LogP contribution >= 0.6 is 0 Å². The van der Waals surface area contributed by atoms with Gasteiger partial charge in [0.15, 0.2) is 0 Å². The highest BCUT2D eigenvalue weighted by atomic mass is 16.2. The number of fused-ring (bicyclic) bond motifs is 1. The molecule has 148 valence electrons. The lowest BCUT2D eigenvalue weighted by Gasteiger charge is -2.55. The normalized spacial score (nSPS) is 33.8. The molecule has 4 fully saturated rings. The number of piperidine rings is 2. The smallest absolute Gasteiger partial charge is 0.272 e. The highest BCUT2D eigenvalue weighted by Gasteiger charge is 2.55. The van der Waals surface area contributed by atoms with Crippen molar-refractivity contribution in [1.29, 1.82) is 0 Å². The van der Waals surface area contributed by atoms with Gasteiger partial charge in [0, 0.05) is 68.9 Å². The van der Waals surface area contributed by atoms with Gasteiger partial charge in [-0.3, -0.25) is 9.48 Å².